The van der Waals surface area contributed by atoms with Crippen LogP contribution in [0, 0.1) is 0 Å². The third kappa shape index (κ3) is 4.82. The summed E-state index contributed by atoms with van der Waals surface area (Å²) in [6.45, 7) is 1.93. The van der Waals surface area contributed by atoms with Crippen molar-refractivity contribution in [1.82, 2.24) is 14.9 Å². The van der Waals surface area contributed by atoms with E-state index >= 15 is 0 Å². The minimum Gasteiger partial charge on any atom is -0.493 e. The number of likely N-dealkylation sites (N-methyl/N-ethyl adjacent to an activating group) is 1. The van der Waals surface area contributed by atoms with Crippen molar-refractivity contribution in [3.8, 4) is 11.5 Å². The maximum absolute atomic E-state index is 13.5. The normalized spacial score (nSPS) is 15.8. The van der Waals surface area contributed by atoms with Crippen LogP contribution in [0.2, 0.25) is 0 Å². The van der Waals surface area contributed by atoms with Gasteiger partial charge in [-0.05, 0) is 49.2 Å². The molecule has 3 heterocycles. The predicted molar refractivity (Wildman–Crippen MR) is 123 cm³/mol. The zero-order valence-corrected chi connectivity index (χ0v) is 18.5. The van der Waals surface area contributed by atoms with Crippen molar-refractivity contribution in [1.29, 1.82) is 0 Å². The number of hydrogen-bond donors (Lipinski definition) is 0. The van der Waals surface area contributed by atoms with E-state index in [2.05, 4.69) is 14.9 Å². The highest BCUT2D eigenvalue weighted by molar-refractivity contribution is 5.98. The quantitative estimate of drug-likeness (QED) is 0.566. The third-order valence-corrected chi connectivity index (χ3v) is 5.76. The molecule has 3 aromatic rings. The van der Waals surface area contributed by atoms with E-state index in [1.54, 1.807) is 31.6 Å². The van der Waals surface area contributed by atoms with Crippen LogP contribution in [0.3, 0.4) is 0 Å². The molecule has 1 saturated heterocycles. The molecule has 1 atom stereocenters. The Morgan fingerprint density at radius 1 is 1.09 bits per heavy atom. The smallest absolute Gasteiger partial charge is 0.257 e. The molecule has 7 heteroatoms. The molecule has 7 nitrogen and oxygen atoms in total. The Hall–Kier alpha value is -3.61. The minimum absolute atomic E-state index is 0.0769. The van der Waals surface area contributed by atoms with Crippen molar-refractivity contribution in [2.24, 2.45) is 0 Å². The van der Waals surface area contributed by atoms with E-state index in [0.29, 0.717) is 17.1 Å². The minimum atomic E-state index is -0.0900. The highest BCUT2D eigenvalue weighted by Gasteiger charge is 2.29. The molecule has 1 unspecified atom stereocenters. The summed E-state index contributed by atoms with van der Waals surface area (Å²) < 4.78 is 11.5. The average molecular weight is 433 g/mol. The molecule has 0 bridgehead atoms. The van der Waals surface area contributed by atoms with Crippen LogP contribution in [0.1, 0.15) is 28.9 Å². The Labute approximate surface area is 188 Å². The summed E-state index contributed by atoms with van der Waals surface area (Å²) in [6.07, 6.45) is 5.46. The van der Waals surface area contributed by atoms with Gasteiger partial charge >= 0.3 is 0 Å². The van der Waals surface area contributed by atoms with Crippen LogP contribution in [-0.4, -0.2) is 54.1 Å². The molecule has 166 valence electrons. The first-order chi connectivity index (χ1) is 15.7. The number of amides is 1. The number of piperidine rings is 1. The van der Waals surface area contributed by atoms with Crippen molar-refractivity contribution in [3.63, 3.8) is 0 Å². The number of para-hydroxylation sites is 1. The number of hydrogen-bond acceptors (Lipinski definition) is 6. The monoisotopic (exact) mass is 432 g/mol. The van der Waals surface area contributed by atoms with E-state index in [-0.39, 0.29) is 18.6 Å². The lowest BCUT2D eigenvalue weighted by atomic mass is 10.0. The highest BCUT2D eigenvalue weighted by atomic mass is 16.5. The number of pyridine rings is 2. The van der Waals surface area contributed by atoms with Gasteiger partial charge < -0.3 is 19.3 Å². The van der Waals surface area contributed by atoms with Crippen LogP contribution < -0.4 is 14.4 Å². The van der Waals surface area contributed by atoms with Crippen LogP contribution in [-0.2, 0) is 6.61 Å². The van der Waals surface area contributed by atoms with Crippen molar-refractivity contribution in [2.75, 3.05) is 32.1 Å². The van der Waals surface area contributed by atoms with Crippen molar-refractivity contribution in [2.45, 2.75) is 25.5 Å². The molecule has 32 heavy (non-hydrogen) atoms. The van der Waals surface area contributed by atoms with Gasteiger partial charge in [0.25, 0.3) is 5.91 Å². The lowest BCUT2D eigenvalue weighted by Gasteiger charge is -2.38. The number of ether oxygens (including phenoxy) is 2. The van der Waals surface area contributed by atoms with E-state index < -0.39 is 0 Å². The number of carbonyl (C=O) groups is 1. The zero-order chi connectivity index (χ0) is 22.3. The Morgan fingerprint density at radius 2 is 1.91 bits per heavy atom. The van der Waals surface area contributed by atoms with E-state index in [1.807, 2.05) is 54.4 Å². The molecule has 0 spiro atoms. The summed E-state index contributed by atoms with van der Waals surface area (Å²) in [5, 5.41) is 0. The molecule has 1 aromatic carbocycles. The number of benzene rings is 1. The number of rotatable bonds is 7. The Balaban J connectivity index is 1.52. The van der Waals surface area contributed by atoms with Gasteiger partial charge in [-0.2, -0.15) is 0 Å². The number of anilines is 1. The second-order valence-corrected chi connectivity index (χ2v) is 7.79. The molecule has 1 fully saturated rings. The van der Waals surface area contributed by atoms with Crippen molar-refractivity contribution < 1.29 is 14.3 Å². The topological polar surface area (TPSA) is 67.8 Å². The summed E-state index contributed by atoms with van der Waals surface area (Å²) >= 11 is 0. The van der Waals surface area contributed by atoms with Crippen molar-refractivity contribution >= 4 is 11.7 Å². The lowest BCUT2D eigenvalue weighted by molar-refractivity contribution is 0.0711. The number of nitrogens with zero attached hydrogens (tertiary/aromatic N) is 4. The fraction of sp³-hybridized carbons (Fsp3) is 0.320. The summed E-state index contributed by atoms with van der Waals surface area (Å²) in [7, 11) is 3.43. The first-order valence-electron chi connectivity index (χ1n) is 10.8. The zero-order valence-electron chi connectivity index (χ0n) is 18.5. The number of methoxy groups -OCH3 is 1. The van der Waals surface area contributed by atoms with E-state index in [4.69, 9.17) is 9.47 Å². The second-order valence-electron chi connectivity index (χ2n) is 7.79. The molecule has 0 saturated carbocycles. The first-order valence-corrected chi connectivity index (χ1v) is 10.8. The van der Waals surface area contributed by atoms with Crippen LogP contribution in [0.15, 0.2) is 67.0 Å². The molecular weight excluding hydrogens is 404 g/mol. The van der Waals surface area contributed by atoms with Crippen LogP contribution >= 0.6 is 0 Å². The highest BCUT2D eigenvalue weighted by Crippen LogP contribution is 2.33. The number of aromatic nitrogens is 2. The van der Waals surface area contributed by atoms with Gasteiger partial charge in [-0.1, -0.05) is 18.2 Å². The summed E-state index contributed by atoms with van der Waals surface area (Å²) in [6, 6.07) is 17.0. The predicted octanol–water partition coefficient (Wildman–Crippen LogP) is 3.81. The molecule has 1 aliphatic rings. The van der Waals surface area contributed by atoms with Gasteiger partial charge in [-0.15, -0.1) is 0 Å². The summed E-state index contributed by atoms with van der Waals surface area (Å²) in [5.74, 6) is 1.82. The van der Waals surface area contributed by atoms with Gasteiger partial charge in [0.15, 0.2) is 11.5 Å². The lowest BCUT2D eigenvalue weighted by Crippen LogP contribution is -2.49. The Bertz CT molecular complexity index is 1030. The molecule has 1 aliphatic heterocycles. The standard InChI is InChI=1S/C25H28N4O3/c1-28(20-10-8-16-29(17-20)23-13-4-6-15-27-23)25(30)21-11-7-12-22(31-2)24(21)32-18-19-9-3-5-14-26-19/h3-7,9,11-15,20H,8,10,16-18H2,1-2H3. The van der Waals surface area contributed by atoms with Crippen molar-refractivity contribution in [3.05, 3.63) is 78.2 Å². The molecule has 0 N–H and O–H groups in total. The molecule has 0 radical (unpaired) electrons. The number of carbonyl (C=O) groups excluding carboxylic acids is 1. The van der Waals surface area contributed by atoms with E-state index in [9.17, 15) is 4.79 Å². The molecule has 4 rings (SSSR count). The van der Waals surface area contributed by atoms with Gasteiger partial charge in [0.05, 0.1) is 18.4 Å². The molecule has 0 aliphatic carbocycles. The molecule has 2 aromatic heterocycles. The Morgan fingerprint density at radius 3 is 2.62 bits per heavy atom. The summed E-state index contributed by atoms with van der Waals surface area (Å²) in [5.41, 5.74) is 1.26. The summed E-state index contributed by atoms with van der Waals surface area (Å²) in [4.78, 5) is 26.3. The Kier molecular flexibility index (Phi) is 6.84. The first kappa shape index (κ1) is 21.6. The van der Waals surface area contributed by atoms with Gasteiger partial charge in [-0.25, -0.2) is 4.98 Å². The van der Waals surface area contributed by atoms with Gasteiger partial charge in [0.1, 0.15) is 12.4 Å². The fourth-order valence-electron chi connectivity index (χ4n) is 4.00. The maximum atomic E-state index is 13.5. The van der Waals surface area contributed by atoms with Gasteiger partial charge in [0, 0.05) is 38.6 Å². The van der Waals surface area contributed by atoms with Gasteiger partial charge in [-0.3, -0.25) is 9.78 Å². The fourth-order valence-corrected chi connectivity index (χ4v) is 4.00. The SMILES string of the molecule is COc1cccc(C(=O)N(C)C2CCCN(c3ccccn3)C2)c1OCc1ccccn1. The second kappa shape index (κ2) is 10.1. The van der Waals surface area contributed by atoms with E-state index in [0.717, 1.165) is 37.4 Å². The van der Waals surface area contributed by atoms with E-state index in [1.165, 1.54) is 0 Å². The average Bonchev–Trinajstić information content (AvgIpc) is 2.87. The van der Waals surface area contributed by atoms with Gasteiger partial charge in [0.2, 0.25) is 0 Å². The van der Waals surface area contributed by atoms with Crippen LogP contribution in [0.25, 0.3) is 0 Å². The van der Waals surface area contributed by atoms with Crippen LogP contribution in [0.5, 0.6) is 11.5 Å². The molecule has 1 amide bonds. The largest absolute Gasteiger partial charge is 0.493 e. The third-order valence-electron chi connectivity index (χ3n) is 5.76. The van der Waals surface area contributed by atoms with Crippen LogP contribution in [0.4, 0.5) is 5.82 Å². The molecular formula is C25H28N4O3. The maximum Gasteiger partial charge on any atom is 0.257 e.